The largest absolute Gasteiger partial charge is 0.331 e. The predicted molar refractivity (Wildman–Crippen MR) is 44.5 cm³/mol. The Morgan fingerprint density at radius 2 is 2.11 bits per heavy atom. The van der Waals surface area contributed by atoms with Crippen molar-refractivity contribution in [2.24, 2.45) is 0 Å². The van der Waals surface area contributed by atoms with Gasteiger partial charge in [-0.05, 0) is 44.1 Å². The highest BCUT2D eigenvalue weighted by molar-refractivity contribution is 9.25. The molecule has 6 heteroatoms. The minimum absolute atomic E-state index is 0.229. The van der Waals surface area contributed by atoms with Crippen LogP contribution < -0.4 is 10.6 Å². The number of amides is 1. The molecule has 9 heavy (non-hydrogen) atoms. The monoisotopic (exact) mass is 272 g/mol. The first-order chi connectivity index (χ1) is 4.02. The third kappa shape index (κ3) is 1.42. The van der Waals surface area contributed by atoms with Crippen LogP contribution in [0, 0.1) is 0 Å². The van der Waals surface area contributed by atoms with Crippen LogP contribution in [0.25, 0.3) is 0 Å². The van der Waals surface area contributed by atoms with Crippen LogP contribution in [0.4, 0.5) is 0 Å². The van der Waals surface area contributed by atoms with E-state index < -0.39 is 3.36 Å². The average Bonchev–Trinajstić information content (AvgIpc) is 1.79. The number of nitrogens with one attached hydrogen (secondary N) is 2. The van der Waals surface area contributed by atoms with E-state index in [9.17, 15) is 4.79 Å². The Labute approximate surface area is 73.8 Å². The van der Waals surface area contributed by atoms with Gasteiger partial charge in [0.05, 0.1) is 0 Å². The zero-order valence-electron chi connectivity index (χ0n) is 4.07. The van der Waals surface area contributed by atoms with Gasteiger partial charge in [0.15, 0.2) is 5.11 Å². The summed E-state index contributed by atoms with van der Waals surface area (Å²) in [5.74, 6) is -0.229. The molecule has 1 fully saturated rings. The van der Waals surface area contributed by atoms with Gasteiger partial charge in [0.1, 0.15) is 0 Å². The number of carbonyl (C=O) groups is 1. The van der Waals surface area contributed by atoms with E-state index >= 15 is 0 Å². The van der Waals surface area contributed by atoms with Crippen molar-refractivity contribution in [2.75, 3.05) is 0 Å². The summed E-state index contributed by atoms with van der Waals surface area (Å²) in [4.78, 5) is 10.8. The molecule has 2 N–H and O–H groups in total. The van der Waals surface area contributed by atoms with E-state index in [-0.39, 0.29) is 5.91 Å². The summed E-state index contributed by atoms with van der Waals surface area (Å²) in [6.07, 6.45) is 0. The Bertz CT molecular complexity index is 181. The smallest absolute Gasteiger partial charge is 0.274 e. The van der Waals surface area contributed by atoms with Crippen LogP contribution in [0.1, 0.15) is 0 Å². The SMILES string of the molecule is O=C1NC(=S)NC1(Br)Br. The first-order valence-electron chi connectivity index (χ1n) is 2.04. The second kappa shape index (κ2) is 2.17. The molecule has 1 aliphatic rings. The third-order valence-corrected chi connectivity index (χ3v) is 2.10. The van der Waals surface area contributed by atoms with Crippen LogP contribution in [0.3, 0.4) is 0 Å². The summed E-state index contributed by atoms with van der Waals surface area (Å²) in [6.45, 7) is 0. The zero-order valence-corrected chi connectivity index (χ0v) is 8.06. The molecular formula is C3H2Br2N2OS. The first kappa shape index (κ1) is 7.43. The highest BCUT2D eigenvalue weighted by atomic mass is 79.9. The molecule has 0 radical (unpaired) electrons. The van der Waals surface area contributed by atoms with Crippen molar-refractivity contribution in [1.82, 2.24) is 10.6 Å². The molecule has 1 rings (SSSR count). The van der Waals surface area contributed by atoms with Crippen molar-refractivity contribution >= 4 is 55.1 Å². The van der Waals surface area contributed by atoms with E-state index in [2.05, 4.69) is 54.7 Å². The number of thiocarbonyl (C=S) groups is 1. The fourth-order valence-corrected chi connectivity index (χ4v) is 1.52. The molecule has 1 heterocycles. The van der Waals surface area contributed by atoms with Gasteiger partial charge in [-0.3, -0.25) is 10.1 Å². The summed E-state index contributed by atoms with van der Waals surface area (Å²) in [5.41, 5.74) is 0. The lowest BCUT2D eigenvalue weighted by Gasteiger charge is -2.06. The van der Waals surface area contributed by atoms with E-state index in [0.717, 1.165) is 0 Å². The number of halogens is 2. The molecule has 1 aliphatic heterocycles. The maximum Gasteiger partial charge on any atom is 0.274 e. The molecular weight excluding hydrogens is 272 g/mol. The van der Waals surface area contributed by atoms with Crippen LogP contribution >= 0.6 is 44.1 Å². The van der Waals surface area contributed by atoms with E-state index in [1.54, 1.807) is 0 Å². The van der Waals surface area contributed by atoms with Crippen molar-refractivity contribution in [3.05, 3.63) is 0 Å². The molecule has 3 nitrogen and oxygen atoms in total. The van der Waals surface area contributed by atoms with Crippen molar-refractivity contribution in [3.63, 3.8) is 0 Å². The lowest BCUT2D eigenvalue weighted by molar-refractivity contribution is -0.118. The van der Waals surface area contributed by atoms with Crippen LogP contribution in [0.15, 0.2) is 0 Å². The summed E-state index contributed by atoms with van der Waals surface area (Å²) < 4.78 is -0.892. The molecule has 0 saturated carbocycles. The molecule has 0 unspecified atom stereocenters. The molecule has 0 aromatic rings. The number of alkyl halides is 2. The Morgan fingerprint density at radius 1 is 1.56 bits per heavy atom. The minimum Gasteiger partial charge on any atom is -0.331 e. The second-order valence-corrected chi connectivity index (χ2v) is 5.33. The maximum absolute atomic E-state index is 10.8. The molecule has 0 aromatic heterocycles. The molecule has 0 aliphatic carbocycles. The highest BCUT2D eigenvalue weighted by Crippen LogP contribution is 2.25. The van der Waals surface area contributed by atoms with Crippen LogP contribution in [-0.2, 0) is 4.79 Å². The minimum atomic E-state index is -0.892. The van der Waals surface area contributed by atoms with Gasteiger partial charge in [-0.1, -0.05) is 0 Å². The highest BCUT2D eigenvalue weighted by Gasteiger charge is 2.39. The Balaban J connectivity index is 2.81. The average molecular weight is 274 g/mol. The second-order valence-electron chi connectivity index (χ2n) is 1.48. The number of carbonyl (C=O) groups excluding carboxylic acids is 1. The van der Waals surface area contributed by atoms with Gasteiger partial charge in [-0.15, -0.1) is 0 Å². The van der Waals surface area contributed by atoms with Gasteiger partial charge in [0.2, 0.25) is 3.36 Å². The molecule has 50 valence electrons. The van der Waals surface area contributed by atoms with E-state index in [1.807, 2.05) is 0 Å². The van der Waals surface area contributed by atoms with Crippen molar-refractivity contribution in [3.8, 4) is 0 Å². The Morgan fingerprint density at radius 3 is 2.22 bits per heavy atom. The summed E-state index contributed by atoms with van der Waals surface area (Å²) in [7, 11) is 0. The van der Waals surface area contributed by atoms with Crippen LogP contribution in [-0.4, -0.2) is 14.4 Å². The fraction of sp³-hybridized carbons (Fsp3) is 0.333. The van der Waals surface area contributed by atoms with E-state index in [0.29, 0.717) is 5.11 Å². The molecule has 0 bridgehead atoms. The third-order valence-electron chi connectivity index (χ3n) is 0.783. The molecule has 1 amide bonds. The normalized spacial score (nSPS) is 23.3. The molecule has 0 atom stereocenters. The molecule has 1 saturated heterocycles. The summed E-state index contributed by atoms with van der Waals surface area (Å²) in [6, 6.07) is 0. The number of rotatable bonds is 0. The standard InChI is InChI=1S/C3H2Br2N2OS/c4-3(5)1(8)6-2(9)7-3/h(H2,6,7,8,9). The van der Waals surface area contributed by atoms with Crippen molar-refractivity contribution in [2.45, 2.75) is 3.36 Å². The van der Waals surface area contributed by atoms with Crippen LogP contribution in [0.2, 0.25) is 0 Å². The Hall–Kier alpha value is 0.320. The maximum atomic E-state index is 10.8. The lowest BCUT2D eigenvalue weighted by Crippen LogP contribution is -2.32. The van der Waals surface area contributed by atoms with Crippen molar-refractivity contribution < 1.29 is 4.79 Å². The molecule has 0 aromatic carbocycles. The van der Waals surface area contributed by atoms with Gasteiger partial charge >= 0.3 is 0 Å². The van der Waals surface area contributed by atoms with Gasteiger partial charge in [-0.25, -0.2) is 0 Å². The number of hydrogen-bond donors (Lipinski definition) is 2. The van der Waals surface area contributed by atoms with Gasteiger partial charge in [-0.2, -0.15) is 0 Å². The van der Waals surface area contributed by atoms with E-state index in [4.69, 9.17) is 0 Å². The van der Waals surface area contributed by atoms with Gasteiger partial charge < -0.3 is 5.32 Å². The summed E-state index contributed by atoms with van der Waals surface area (Å²) >= 11 is 10.8. The van der Waals surface area contributed by atoms with Crippen molar-refractivity contribution in [1.29, 1.82) is 0 Å². The zero-order chi connectivity index (χ0) is 7.07. The van der Waals surface area contributed by atoms with Gasteiger partial charge in [0.25, 0.3) is 5.91 Å². The topological polar surface area (TPSA) is 41.1 Å². The first-order valence-corrected chi connectivity index (χ1v) is 4.03. The van der Waals surface area contributed by atoms with Crippen LogP contribution in [0.5, 0.6) is 0 Å². The number of hydrogen-bond acceptors (Lipinski definition) is 2. The summed E-state index contributed by atoms with van der Waals surface area (Å²) in [5, 5.41) is 5.37. The quantitative estimate of drug-likeness (QED) is 0.382. The predicted octanol–water partition coefficient (Wildman–Crippen LogP) is 0.434. The molecule has 0 spiro atoms. The van der Waals surface area contributed by atoms with Gasteiger partial charge in [0, 0.05) is 0 Å². The van der Waals surface area contributed by atoms with E-state index in [1.165, 1.54) is 0 Å². The fourth-order valence-electron chi connectivity index (χ4n) is 0.412. The lowest BCUT2D eigenvalue weighted by atomic mass is 10.7. The Kier molecular flexibility index (Phi) is 1.79.